The number of rotatable bonds is 9. The van der Waals surface area contributed by atoms with E-state index in [0.717, 1.165) is 32.2 Å². The van der Waals surface area contributed by atoms with Gasteiger partial charge in [0.2, 0.25) is 5.91 Å². The van der Waals surface area contributed by atoms with Crippen LogP contribution in [0.4, 0.5) is 0 Å². The number of hydrogen-bond acceptors (Lipinski definition) is 4. The zero-order valence-corrected chi connectivity index (χ0v) is 12.0. The highest BCUT2D eigenvalue weighted by Gasteiger charge is 2.26. The molecule has 0 bridgehead atoms. The normalized spacial score (nSPS) is 16.4. The van der Waals surface area contributed by atoms with Gasteiger partial charge in [0.1, 0.15) is 0 Å². The van der Waals surface area contributed by atoms with E-state index in [9.17, 15) is 9.59 Å². The lowest BCUT2D eigenvalue weighted by Crippen LogP contribution is -2.44. The van der Waals surface area contributed by atoms with Crippen molar-refractivity contribution < 1.29 is 19.8 Å². The van der Waals surface area contributed by atoms with Gasteiger partial charge in [0.05, 0.1) is 12.5 Å². The molecule has 1 rings (SSSR count). The Kier molecular flexibility index (Phi) is 8.22. The van der Waals surface area contributed by atoms with Gasteiger partial charge in [-0.3, -0.25) is 9.59 Å². The van der Waals surface area contributed by atoms with Gasteiger partial charge >= 0.3 is 5.97 Å². The van der Waals surface area contributed by atoms with E-state index in [1.807, 2.05) is 0 Å². The summed E-state index contributed by atoms with van der Waals surface area (Å²) in [4.78, 5) is 24.5. The number of likely N-dealkylation sites (tertiary alicyclic amines) is 1. The summed E-state index contributed by atoms with van der Waals surface area (Å²) < 4.78 is 0. The highest BCUT2D eigenvalue weighted by molar-refractivity contribution is 5.78. The maximum Gasteiger partial charge on any atom is 0.306 e. The second kappa shape index (κ2) is 9.72. The second-order valence-corrected chi connectivity index (χ2v) is 5.31. The lowest BCUT2D eigenvalue weighted by atomic mass is 9.97. The van der Waals surface area contributed by atoms with Gasteiger partial charge in [-0.2, -0.15) is 0 Å². The number of carbonyl (C=O) groups excluding carboxylic acids is 1. The Balaban J connectivity index is 2.04. The Bertz CT molecular complexity index is 302. The fourth-order valence-corrected chi connectivity index (χ4v) is 2.40. The van der Waals surface area contributed by atoms with Crippen molar-refractivity contribution in [1.82, 2.24) is 10.2 Å². The number of carboxylic acid groups (broad SMARTS) is 1. The smallest absolute Gasteiger partial charge is 0.306 e. The van der Waals surface area contributed by atoms with Crippen molar-refractivity contribution >= 4 is 11.9 Å². The van der Waals surface area contributed by atoms with Crippen LogP contribution in [0, 0.1) is 5.92 Å². The summed E-state index contributed by atoms with van der Waals surface area (Å²) >= 11 is 0. The minimum atomic E-state index is -0.752. The zero-order chi connectivity index (χ0) is 14.8. The predicted octanol–water partition coefficient (Wildman–Crippen LogP) is 0.452. The van der Waals surface area contributed by atoms with Crippen LogP contribution < -0.4 is 5.32 Å². The lowest BCUT2D eigenvalue weighted by molar-refractivity contribution is -0.145. The summed E-state index contributed by atoms with van der Waals surface area (Å²) in [7, 11) is 0. The average Bonchev–Trinajstić information content (AvgIpc) is 2.46. The van der Waals surface area contributed by atoms with Crippen LogP contribution in [-0.4, -0.2) is 59.8 Å². The van der Waals surface area contributed by atoms with Gasteiger partial charge in [-0.25, -0.2) is 0 Å². The van der Waals surface area contributed by atoms with E-state index in [0.29, 0.717) is 32.5 Å². The molecule has 0 aromatic carbocycles. The molecule has 0 radical (unpaired) electrons. The third-order valence-electron chi connectivity index (χ3n) is 3.73. The monoisotopic (exact) mass is 286 g/mol. The van der Waals surface area contributed by atoms with Crippen molar-refractivity contribution in [1.29, 1.82) is 0 Å². The minimum absolute atomic E-state index is 0.0594. The molecular formula is C14H26N2O4. The van der Waals surface area contributed by atoms with E-state index in [2.05, 4.69) is 5.32 Å². The Hall–Kier alpha value is -1.14. The van der Waals surface area contributed by atoms with Gasteiger partial charge in [0.15, 0.2) is 0 Å². The van der Waals surface area contributed by atoms with Crippen molar-refractivity contribution in [3.8, 4) is 0 Å². The standard InChI is InChI=1S/C14H26N2O4/c17-10-4-2-1-3-7-15-11-13(18)16-8-5-12(6-9-16)14(19)20/h12,15,17H,1-11H2,(H,19,20). The van der Waals surface area contributed by atoms with Gasteiger partial charge in [-0.05, 0) is 32.2 Å². The van der Waals surface area contributed by atoms with E-state index in [-0.39, 0.29) is 18.4 Å². The molecule has 1 heterocycles. The van der Waals surface area contributed by atoms with Gasteiger partial charge in [0.25, 0.3) is 0 Å². The van der Waals surface area contributed by atoms with Gasteiger partial charge in [-0.1, -0.05) is 12.8 Å². The van der Waals surface area contributed by atoms with Crippen LogP contribution in [-0.2, 0) is 9.59 Å². The molecule has 0 atom stereocenters. The molecule has 0 saturated carbocycles. The number of aliphatic hydroxyl groups is 1. The first-order valence-corrected chi connectivity index (χ1v) is 7.47. The number of aliphatic hydroxyl groups excluding tert-OH is 1. The number of aliphatic carboxylic acids is 1. The molecule has 0 aromatic rings. The maximum atomic E-state index is 11.9. The summed E-state index contributed by atoms with van der Waals surface area (Å²) in [5, 5.41) is 20.7. The molecule has 6 heteroatoms. The van der Waals surface area contributed by atoms with Crippen LogP contribution in [0.1, 0.15) is 38.5 Å². The Labute approximate surface area is 120 Å². The third-order valence-corrected chi connectivity index (χ3v) is 3.73. The van der Waals surface area contributed by atoms with E-state index < -0.39 is 5.97 Å². The van der Waals surface area contributed by atoms with Crippen LogP contribution in [0.25, 0.3) is 0 Å². The zero-order valence-electron chi connectivity index (χ0n) is 12.0. The minimum Gasteiger partial charge on any atom is -0.481 e. The van der Waals surface area contributed by atoms with E-state index >= 15 is 0 Å². The topological polar surface area (TPSA) is 89.9 Å². The first-order chi connectivity index (χ1) is 9.65. The number of piperidine rings is 1. The number of amides is 1. The molecule has 0 aliphatic carbocycles. The molecule has 1 saturated heterocycles. The van der Waals surface area contributed by atoms with Crippen molar-refractivity contribution in [3.63, 3.8) is 0 Å². The molecule has 6 nitrogen and oxygen atoms in total. The first-order valence-electron chi connectivity index (χ1n) is 7.47. The summed E-state index contributed by atoms with van der Waals surface area (Å²) in [6.07, 6.45) is 5.05. The van der Waals surface area contributed by atoms with E-state index in [1.165, 1.54) is 0 Å². The molecule has 0 spiro atoms. The summed E-state index contributed by atoms with van der Waals surface area (Å²) in [5.41, 5.74) is 0. The number of unbranched alkanes of at least 4 members (excludes halogenated alkanes) is 3. The van der Waals surface area contributed by atoms with E-state index in [1.54, 1.807) is 4.90 Å². The van der Waals surface area contributed by atoms with Gasteiger partial charge < -0.3 is 20.4 Å². The van der Waals surface area contributed by atoms with Crippen molar-refractivity contribution in [2.24, 2.45) is 5.92 Å². The molecule has 1 aliphatic rings. The van der Waals surface area contributed by atoms with Crippen molar-refractivity contribution in [3.05, 3.63) is 0 Å². The number of nitrogens with one attached hydrogen (secondary N) is 1. The predicted molar refractivity (Wildman–Crippen MR) is 75.4 cm³/mol. The molecule has 3 N–H and O–H groups in total. The first kappa shape index (κ1) is 16.9. The Morgan fingerprint density at radius 2 is 1.75 bits per heavy atom. The Morgan fingerprint density at radius 1 is 1.10 bits per heavy atom. The molecule has 0 unspecified atom stereocenters. The molecule has 116 valence electrons. The SMILES string of the molecule is O=C(O)C1CCN(C(=O)CNCCCCCCO)CC1. The highest BCUT2D eigenvalue weighted by atomic mass is 16.4. The van der Waals surface area contributed by atoms with Gasteiger partial charge in [-0.15, -0.1) is 0 Å². The molecule has 0 aromatic heterocycles. The van der Waals surface area contributed by atoms with E-state index in [4.69, 9.17) is 10.2 Å². The number of nitrogens with zero attached hydrogens (tertiary/aromatic N) is 1. The number of carboxylic acids is 1. The molecule has 1 aliphatic heterocycles. The maximum absolute atomic E-state index is 11.9. The Morgan fingerprint density at radius 3 is 2.35 bits per heavy atom. The third kappa shape index (κ3) is 6.34. The molecule has 1 fully saturated rings. The lowest BCUT2D eigenvalue weighted by Gasteiger charge is -2.30. The van der Waals surface area contributed by atoms with Crippen molar-refractivity contribution in [2.75, 3.05) is 32.8 Å². The van der Waals surface area contributed by atoms with Crippen LogP contribution in [0.5, 0.6) is 0 Å². The fourth-order valence-electron chi connectivity index (χ4n) is 2.40. The molecule has 20 heavy (non-hydrogen) atoms. The van der Waals surface area contributed by atoms with Crippen molar-refractivity contribution in [2.45, 2.75) is 38.5 Å². The fraction of sp³-hybridized carbons (Fsp3) is 0.857. The van der Waals surface area contributed by atoms with Crippen LogP contribution in [0.3, 0.4) is 0 Å². The summed E-state index contributed by atoms with van der Waals surface area (Å²) in [5.74, 6) is -0.985. The summed E-state index contributed by atoms with van der Waals surface area (Å²) in [6.45, 7) is 2.49. The second-order valence-electron chi connectivity index (χ2n) is 5.31. The summed E-state index contributed by atoms with van der Waals surface area (Å²) in [6, 6.07) is 0. The van der Waals surface area contributed by atoms with Crippen LogP contribution in [0.2, 0.25) is 0 Å². The highest BCUT2D eigenvalue weighted by Crippen LogP contribution is 2.17. The largest absolute Gasteiger partial charge is 0.481 e. The molecule has 1 amide bonds. The number of hydrogen-bond donors (Lipinski definition) is 3. The quantitative estimate of drug-likeness (QED) is 0.536. The van der Waals surface area contributed by atoms with Crippen LogP contribution in [0.15, 0.2) is 0 Å². The van der Waals surface area contributed by atoms with Crippen LogP contribution >= 0.6 is 0 Å². The average molecular weight is 286 g/mol. The number of carbonyl (C=O) groups is 2. The van der Waals surface area contributed by atoms with Gasteiger partial charge in [0, 0.05) is 19.7 Å². The molecular weight excluding hydrogens is 260 g/mol.